The molecule has 0 aliphatic heterocycles. The van der Waals surface area contributed by atoms with E-state index in [0.29, 0.717) is 17.5 Å². The predicted molar refractivity (Wildman–Crippen MR) is 96.4 cm³/mol. The summed E-state index contributed by atoms with van der Waals surface area (Å²) in [6, 6.07) is 6.41. The molecule has 0 saturated carbocycles. The third-order valence-corrected chi connectivity index (χ3v) is 4.21. The van der Waals surface area contributed by atoms with Gasteiger partial charge in [-0.3, -0.25) is 9.59 Å². The summed E-state index contributed by atoms with van der Waals surface area (Å²) in [4.78, 5) is 23.6. The average Bonchev–Trinajstić information content (AvgIpc) is 3.07. The van der Waals surface area contributed by atoms with Crippen molar-refractivity contribution >= 4 is 35.2 Å². The summed E-state index contributed by atoms with van der Waals surface area (Å²) in [5.41, 5.74) is 0.745. The normalized spacial score (nSPS) is 11.8. The lowest BCUT2D eigenvalue weighted by Gasteiger charge is -2.13. The Bertz CT molecular complexity index is 720. The van der Waals surface area contributed by atoms with Crippen molar-refractivity contribution in [3.63, 3.8) is 0 Å². The third kappa shape index (κ3) is 6.06. The number of nitrogens with one attached hydrogen (secondary N) is 2. The number of benzene rings is 1. The summed E-state index contributed by atoms with van der Waals surface area (Å²) in [5.74, 6) is -0.0570. The molecule has 134 valence electrons. The molecule has 0 radical (unpaired) electrons. The molecule has 0 fully saturated rings. The summed E-state index contributed by atoms with van der Waals surface area (Å²) < 4.78 is 5.50. The topological polar surface area (TPSA) is 97.1 Å². The van der Waals surface area contributed by atoms with Gasteiger partial charge in [0.25, 0.3) is 5.22 Å². The van der Waals surface area contributed by atoms with E-state index in [-0.39, 0.29) is 22.8 Å². The third-order valence-electron chi connectivity index (χ3n) is 3.14. The van der Waals surface area contributed by atoms with Crippen molar-refractivity contribution in [2.24, 2.45) is 0 Å². The monoisotopic (exact) mass is 382 g/mol. The molecular formula is C16H19ClN4O3S. The zero-order valence-electron chi connectivity index (χ0n) is 13.9. The Morgan fingerprint density at radius 1 is 1.28 bits per heavy atom. The minimum Gasteiger partial charge on any atom is -0.411 e. The first-order valence-electron chi connectivity index (χ1n) is 7.79. The van der Waals surface area contributed by atoms with Crippen molar-refractivity contribution in [3.05, 3.63) is 29.3 Å². The van der Waals surface area contributed by atoms with Gasteiger partial charge in [-0.2, -0.15) is 0 Å². The lowest BCUT2D eigenvalue weighted by atomic mass is 10.2. The number of nitrogens with zero attached hydrogens (tertiary/aromatic N) is 2. The Labute approximate surface area is 154 Å². The fraction of sp³-hybridized carbons (Fsp3) is 0.375. The molecule has 0 spiro atoms. The van der Waals surface area contributed by atoms with E-state index < -0.39 is 6.04 Å². The van der Waals surface area contributed by atoms with Crippen LogP contribution in [0, 0.1) is 0 Å². The van der Waals surface area contributed by atoms with Crippen LogP contribution in [0.1, 0.15) is 20.3 Å². The van der Waals surface area contributed by atoms with E-state index in [0.717, 1.165) is 23.7 Å². The van der Waals surface area contributed by atoms with Gasteiger partial charge in [0.2, 0.25) is 17.7 Å². The average molecular weight is 383 g/mol. The Hall–Kier alpha value is -2.06. The highest BCUT2D eigenvalue weighted by Crippen LogP contribution is 2.24. The van der Waals surface area contributed by atoms with Crippen LogP contribution >= 0.6 is 23.4 Å². The molecule has 0 unspecified atom stereocenters. The van der Waals surface area contributed by atoms with Crippen molar-refractivity contribution in [1.29, 1.82) is 0 Å². The highest BCUT2D eigenvalue weighted by atomic mass is 35.5. The second kappa shape index (κ2) is 9.43. The fourth-order valence-electron chi connectivity index (χ4n) is 1.85. The van der Waals surface area contributed by atoms with Crippen molar-refractivity contribution in [3.8, 4) is 11.5 Å². The van der Waals surface area contributed by atoms with E-state index in [1.807, 2.05) is 6.92 Å². The minimum atomic E-state index is -0.591. The molecule has 2 rings (SSSR count). The number of thioether (sulfide) groups is 1. The summed E-state index contributed by atoms with van der Waals surface area (Å²) >= 11 is 6.95. The van der Waals surface area contributed by atoms with Crippen molar-refractivity contribution in [2.45, 2.75) is 31.5 Å². The van der Waals surface area contributed by atoms with E-state index >= 15 is 0 Å². The van der Waals surface area contributed by atoms with Gasteiger partial charge in [0.15, 0.2) is 0 Å². The summed E-state index contributed by atoms with van der Waals surface area (Å²) in [6.45, 7) is 4.19. The fourth-order valence-corrected chi connectivity index (χ4v) is 2.55. The molecule has 2 amide bonds. The first-order chi connectivity index (χ1) is 12.0. The van der Waals surface area contributed by atoms with Crippen LogP contribution in [0.15, 0.2) is 33.9 Å². The van der Waals surface area contributed by atoms with Crippen LogP contribution in [0.25, 0.3) is 11.5 Å². The molecule has 0 aliphatic carbocycles. The van der Waals surface area contributed by atoms with Crippen LogP contribution in [-0.4, -0.2) is 40.4 Å². The molecule has 0 saturated heterocycles. The Morgan fingerprint density at radius 2 is 2.00 bits per heavy atom. The molecule has 1 atom stereocenters. The molecule has 1 aromatic heterocycles. The zero-order chi connectivity index (χ0) is 18.2. The van der Waals surface area contributed by atoms with Crippen molar-refractivity contribution in [1.82, 2.24) is 20.8 Å². The molecule has 1 heterocycles. The molecule has 25 heavy (non-hydrogen) atoms. The minimum absolute atomic E-state index is 0.0770. The van der Waals surface area contributed by atoms with Gasteiger partial charge in [-0.1, -0.05) is 30.3 Å². The number of hydrogen-bond donors (Lipinski definition) is 2. The van der Waals surface area contributed by atoms with Gasteiger partial charge in [-0.15, -0.1) is 10.2 Å². The largest absolute Gasteiger partial charge is 0.411 e. The SMILES string of the molecule is CCCNC(=O)[C@@H](C)NC(=O)CSc1nnc(-c2ccc(Cl)cc2)o1. The number of amides is 2. The molecule has 2 N–H and O–H groups in total. The maximum Gasteiger partial charge on any atom is 0.277 e. The van der Waals surface area contributed by atoms with Crippen LogP contribution in [0.3, 0.4) is 0 Å². The first kappa shape index (κ1) is 19.3. The van der Waals surface area contributed by atoms with Gasteiger partial charge in [-0.25, -0.2) is 0 Å². The first-order valence-corrected chi connectivity index (χ1v) is 9.15. The van der Waals surface area contributed by atoms with Gasteiger partial charge >= 0.3 is 0 Å². The molecule has 2 aromatic rings. The standard InChI is InChI=1S/C16H19ClN4O3S/c1-3-8-18-14(23)10(2)19-13(22)9-25-16-21-20-15(24-16)11-4-6-12(17)7-5-11/h4-7,10H,3,8-9H2,1-2H3,(H,18,23)(H,19,22)/t10-/m1/s1. The van der Waals surface area contributed by atoms with E-state index in [2.05, 4.69) is 20.8 Å². The maximum absolute atomic E-state index is 11.9. The summed E-state index contributed by atoms with van der Waals surface area (Å²) in [5, 5.41) is 14.1. The molecule has 0 bridgehead atoms. The molecule has 0 aliphatic rings. The zero-order valence-corrected chi connectivity index (χ0v) is 15.5. The van der Waals surface area contributed by atoms with E-state index in [1.165, 1.54) is 0 Å². The second-order valence-corrected chi connectivity index (χ2v) is 6.61. The van der Waals surface area contributed by atoms with Crippen molar-refractivity contribution < 1.29 is 14.0 Å². The second-order valence-electron chi connectivity index (χ2n) is 5.25. The highest BCUT2D eigenvalue weighted by Gasteiger charge is 2.16. The van der Waals surface area contributed by atoms with Gasteiger partial charge in [-0.05, 0) is 37.6 Å². The molecule has 7 nitrogen and oxygen atoms in total. The smallest absolute Gasteiger partial charge is 0.277 e. The van der Waals surface area contributed by atoms with Gasteiger partial charge < -0.3 is 15.1 Å². The Balaban J connectivity index is 1.82. The van der Waals surface area contributed by atoms with E-state index in [1.54, 1.807) is 31.2 Å². The quantitative estimate of drug-likeness (QED) is 0.681. The lowest BCUT2D eigenvalue weighted by Crippen LogP contribution is -2.45. The van der Waals surface area contributed by atoms with E-state index in [9.17, 15) is 9.59 Å². The number of rotatable bonds is 8. The number of aromatic nitrogens is 2. The van der Waals surface area contributed by atoms with E-state index in [4.69, 9.17) is 16.0 Å². The molecule has 1 aromatic carbocycles. The summed E-state index contributed by atoms with van der Waals surface area (Å²) in [7, 11) is 0. The van der Waals surface area contributed by atoms with Crippen LogP contribution in [-0.2, 0) is 9.59 Å². The lowest BCUT2D eigenvalue weighted by molar-refractivity contribution is -0.127. The highest BCUT2D eigenvalue weighted by molar-refractivity contribution is 7.99. The van der Waals surface area contributed by atoms with Gasteiger partial charge in [0.05, 0.1) is 5.75 Å². The predicted octanol–water partition coefficient (Wildman–Crippen LogP) is 2.51. The number of carbonyl (C=O) groups excluding carboxylic acids is 2. The van der Waals surface area contributed by atoms with Gasteiger partial charge in [0.1, 0.15) is 6.04 Å². The Morgan fingerprint density at radius 3 is 2.68 bits per heavy atom. The van der Waals surface area contributed by atoms with Crippen molar-refractivity contribution in [2.75, 3.05) is 12.3 Å². The maximum atomic E-state index is 11.9. The Kier molecular flexibility index (Phi) is 7.27. The van der Waals surface area contributed by atoms with Crippen LogP contribution < -0.4 is 10.6 Å². The number of hydrogen-bond acceptors (Lipinski definition) is 6. The molecule has 9 heteroatoms. The van der Waals surface area contributed by atoms with Crippen LogP contribution in [0.4, 0.5) is 0 Å². The van der Waals surface area contributed by atoms with Crippen LogP contribution in [0.5, 0.6) is 0 Å². The number of carbonyl (C=O) groups is 2. The molecular weight excluding hydrogens is 364 g/mol. The van der Waals surface area contributed by atoms with Gasteiger partial charge in [0, 0.05) is 17.1 Å². The van der Waals surface area contributed by atoms with Crippen LogP contribution in [0.2, 0.25) is 5.02 Å². The summed E-state index contributed by atoms with van der Waals surface area (Å²) in [6.07, 6.45) is 0.843. The number of halogens is 1.